The molecule has 0 unspecified atom stereocenters. The lowest BCUT2D eigenvalue weighted by molar-refractivity contribution is -0.118. The van der Waals surface area contributed by atoms with Gasteiger partial charge >= 0.3 is 0 Å². The summed E-state index contributed by atoms with van der Waals surface area (Å²) in [6, 6.07) is 11.8. The number of amides is 1. The molecule has 3 rings (SSSR count). The van der Waals surface area contributed by atoms with Gasteiger partial charge in [0.1, 0.15) is 17.1 Å². The molecule has 5 nitrogen and oxygen atoms in total. The monoisotopic (exact) mass is 415 g/mol. The normalized spacial score (nSPS) is 11.2. The van der Waals surface area contributed by atoms with E-state index in [1.54, 1.807) is 24.1 Å². The molecule has 0 aliphatic heterocycles. The number of fused-ring (bicyclic) bond motifs is 1. The van der Waals surface area contributed by atoms with Crippen molar-refractivity contribution in [3.8, 4) is 5.75 Å². The van der Waals surface area contributed by atoms with Crippen LogP contribution in [0.4, 0.5) is 9.52 Å². The molecule has 0 fully saturated rings. The van der Waals surface area contributed by atoms with Gasteiger partial charge in [-0.05, 0) is 42.9 Å². The highest BCUT2D eigenvalue weighted by molar-refractivity contribution is 7.22. The number of hydrogen-bond acceptors (Lipinski definition) is 5. The third kappa shape index (κ3) is 5.10. The molecule has 3 aromatic rings. The van der Waals surface area contributed by atoms with Crippen LogP contribution in [0, 0.1) is 5.82 Å². The second-order valence-electron chi connectivity index (χ2n) is 6.68. The molecule has 0 saturated carbocycles. The SMILES string of the molecule is CCN(CC)CCN(C(=O)Cc1ccc(F)cc1)c1nc2c(OC)cccc2s1. The van der Waals surface area contributed by atoms with Gasteiger partial charge in [0.25, 0.3) is 0 Å². The zero-order valence-corrected chi connectivity index (χ0v) is 17.8. The van der Waals surface area contributed by atoms with Gasteiger partial charge < -0.3 is 9.64 Å². The Morgan fingerprint density at radius 3 is 2.48 bits per heavy atom. The van der Waals surface area contributed by atoms with Crippen LogP contribution in [-0.4, -0.2) is 49.1 Å². The molecule has 1 aromatic heterocycles. The first-order chi connectivity index (χ1) is 14.0. The number of hydrogen-bond donors (Lipinski definition) is 0. The van der Waals surface area contributed by atoms with Crippen LogP contribution in [0.1, 0.15) is 19.4 Å². The van der Waals surface area contributed by atoms with E-state index in [9.17, 15) is 9.18 Å². The molecule has 29 heavy (non-hydrogen) atoms. The fourth-order valence-corrected chi connectivity index (χ4v) is 4.20. The molecule has 0 spiro atoms. The molecular formula is C22H26FN3O2S. The first kappa shape index (κ1) is 21.2. The molecule has 2 aromatic carbocycles. The number of nitrogens with zero attached hydrogens (tertiary/aromatic N) is 3. The van der Waals surface area contributed by atoms with Crippen molar-refractivity contribution in [3.05, 3.63) is 53.8 Å². The lowest BCUT2D eigenvalue weighted by atomic mass is 10.1. The molecule has 7 heteroatoms. The number of ether oxygens (including phenoxy) is 1. The summed E-state index contributed by atoms with van der Waals surface area (Å²) >= 11 is 1.48. The third-order valence-corrected chi connectivity index (χ3v) is 5.97. The van der Waals surface area contributed by atoms with E-state index in [2.05, 4.69) is 18.7 Å². The van der Waals surface area contributed by atoms with Crippen molar-refractivity contribution >= 4 is 32.6 Å². The zero-order chi connectivity index (χ0) is 20.8. The van der Waals surface area contributed by atoms with E-state index in [4.69, 9.17) is 9.72 Å². The van der Waals surface area contributed by atoms with Crippen LogP contribution in [0.25, 0.3) is 10.2 Å². The van der Waals surface area contributed by atoms with Crippen molar-refractivity contribution in [1.82, 2.24) is 9.88 Å². The lowest BCUT2D eigenvalue weighted by Gasteiger charge is -2.24. The minimum atomic E-state index is -0.308. The van der Waals surface area contributed by atoms with Crippen LogP contribution in [0.2, 0.25) is 0 Å². The first-order valence-electron chi connectivity index (χ1n) is 9.76. The minimum absolute atomic E-state index is 0.0539. The van der Waals surface area contributed by atoms with Gasteiger partial charge in [0.05, 0.1) is 18.2 Å². The van der Waals surface area contributed by atoms with E-state index in [0.717, 1.165) is 35.4 Å². The summed E-state index contributed by atoms with van der Waals surface area (Å²) in [4.78, 5) is 21.9. The maximum Gasteiger partial charge on any atom is 0.233 e. The van der Waals surface area contributed by atoms with Gasteiger partial charge in [-0.25, -0.2) is 9.37 Å². The number of rotatable bonds is 9. The quantitative estimate of drug-likeness (QED) is 0.521. The Morgan fingerprint density at radius 1 is 1.10 bits per heavy atom. The highest BCUT2D eigenvalue weighted by Crippen LogP contribution is 2.34. The number of carbonyl (C=O) groups excluding carboxylic acids is 1. The Labute approximate surface area is 174 Å². The van der Waals surface area contributed by atoms with Crippen molar-refractivity contribution in [1.29, 1.82) is 0 Å². The van der Waals surface area contributed by atoms with Gasteiger partial charge in [-0.1, -0.05) is 43.4 Å². The average Bonchev–Trinajstić information content (AvgIpc) is 3.16. The van der Waals surface area contributed by atoms with E-state index in [1.165, 1.54) is 23.5 Å². The van der Waals surface area contributed by atoms with Crippen LogP contribution in [-0.2, 0) is 11.2 Å². The number of anilines is 1. The van der Waals surface area contributed by atoms with E-state index < -0.39 is 0 Å². The topological polar surface area (TPSA) is 45.7 Å². The van der Waals surface area contributed by atoms with Crippen molar-refractivity contribution in [2.24, 2.45) is 0 Å². The average molecular weight is 416 g/mol. The highest BCUT2D eigenvalue weighted by Gasteiger charge is 2.21. The maximum absolute atomic E-state index is 13.2. The van der Waals surface area contributed by atoms with E-state index >= 15 is 0 Å². The van der Waals surface area contributed by atoms with E-state index in [1.807, 2.05) is 18.2 Å². The number of likely N-dealkylation sites (N-methyl/N-ethyl adjacent to an activating group) is 1. The third-order valence-electron chi connectivity index (χ3n) is 4.93. The summed E-state index contributed by atoms with van der Waals surface area (Å²) in [5, 5.41) is 0.656. The molecule has 0 aliphatic rings. The summed E-state index contributed by atoms with van der Waals surface area (Å²) < 4.78 is 19.6. The van der Waals surface area contributed by atoms with Crippen LogP contribution in [0.15, 0.2) is 42.5 Å². The van der Waals surface area contributed by atoms with Crippen molar-refractivity contribution in [2.45, 2.75) is 20.3 Å². The fraction of sp³-hybridized carbons (Fsp3) is 0.364. The van der Waals surface area contributed by atoms with Gasteiger partial charge in [0.2, 0.25) is 5.91 Å². The maximum atomic E-state index is 13.2. The highest BCUT2D eigenvalue weighted by atomic mass is 32.1. The van der Waals surface area contributed by atoms with E-state index in [0.29, 0.717) is 17.4 Å². The van der Waals surface area contributed by atoms with Crippen LogP contribution in [0.3, 0.4) is 0 Å². The molecular weight excluding hydrogens is 389 g/mol. The predicted octanol–water partition coefficient (Wildman–Crippen LogP) is 4.36. The predicted molar refractivity (Wildman–Crippen MR) is 116 cm³/mol. The largest absolute Gasteiger partial charge is 0.494 e. The van der Waals surface area contributed by atoms with Gasteiger partial charge in [-0.15, -0.1) is 0 Å². The Hall–Kier alpha value is -2.51. The Morgan fingerprint density at radius 2 is 1.83 bits per heavy atom. The summed E-state index contributed by atoms with van der Waals surface area (Å²) in [6.45, 7) is 7.36. The second-order valence-corrected chi connectivity index (χ2v) is 7.69. The zero-order valence-electron chi connectivity index (χ0n) is 17.0. The molecule has 0 N–H and O–H groups in total. The number of methoxy groups -OCH3 is 1. The van der Waals surface area contributed by atoms with Crippen LogP contribution >= 0.6 is 11.3 Å². The molecule has 0 atom stereocenters. The summed E-state index contributed by atoms with van der Waals surface area (Å²) in [5.74, 6) is 0.333. The lowest BCUT2D eigenvalue weighted by Crippen LogP contribution is -2.39. The summed E-state index contributed by atoms with van der Waals surface area (Å²) in [6.07, 6.45) is 0.200. The number of carbonyl (C=O) groups is 1. The number of halogens is 1. The Bertz CT molecular complexity index is 954. The van der Waals surface area contributed by atoms with Crippen molar-refractivity contribution in [3.63, 3.8) is 0 Å². The standard InChI is InChI=1S/C22H26FN3O2S/c1-4-25(5-2)13-14-26(20(27)15-16-9-11-17(23)12-10-16)22-24-21-18(28-3)7-6-8-19(21)29-22/h6-12H,4-5,13-15H2,1-3H3. The Kier molecular flexibility index (Phi) is 7.17. The fourth-order valence-electron chi connectivity index (χ4n) is 3.17. The molecule has 1 amide bonds. The molecule has 0 aliphatic carbocycles. The molecule has 154 valence electrons. The smallest absolute Gasteiger partial charge is 0.233 e. The summed E-state index contributed by atoms with van der Waals surface area (Å²) in [5.41, 5.74) is 1.54. The van der Waals surface area contributed by atoms with Gasteiger partial charge in [-0.3, -0.25) is 9.69 Å². The van der Waals surface area contributed by atoms with Gasteiger partial charge in [0, 0.05) is 13.1 Å². The molecule has 0 saturated heterocycles. The van der Waals surface area contributed by atoms with Gasteiger partial charge in [0.15, 0.2) is 5.13 Å². The van der Waals surface area contributed by atoms with Gasteiger partial charge in [-0.2, -0.15) is 0 Å². The minimum Gasteiger partial charge on any atom is -0.494 e. The van der Waals surface area contributed by atoms with Crippen LogP contribution < -0.4 is 9.64 Å². The second kappa shape index (κ2) is 9.80. The number of benzene rings is 2. The molecule has 0 bridgehead atoms. The van der Waals surface area contributed by atoms with E-state index in [-0.39, 0.29) is 18.1 Å². The van der Waals surface area contributed by atoms with Crippen LogP contribution in [0.5, 0.6) is 5.75 Å². The number of thiazole rings is 1. The molecule has 1 heterocycles. The van der Waals surface area contributed by atoms with Crippen molar-refractivity contribution in [2.75, 3.05) is 38.2 Å². The summed E-state index contributed by atoms with van der Waals surface area (Å²) in [7, 11) is 1.62. The van der Waals surface area contributed by atoms with Crippen molar-refractivity contribution < 1.29 is 13.9 Å². The Balaban J connectivity index is 1.89. The number of para-hydroxylation sites is 1. The first-order valence-corrected chi connectivity index (χ1v) is 10.6. The number of aromatic nitrogens is 1. The molecule has 0 radical (unpaired) electrons.